The molecule has 0 bridgehead atoms. The molecule has 6 heteroatoms. The Bertz CT molecular complexity index is 896. The highest BCUT2D eigenvalue weighted by atomic mass is 16.5. The van der Waals surface area contributed by atoms with Crippen molar-refractivity contribution >= 4 is 11.8 Å². The predicted octanol–water partition coefficient (Wildman–Crippen LogP) is 3.94. The SMILES string of the molecule is CCOC(=O)c1cnc(-c2ccccc2)nc1NCc1ccc(OC)cc1. The van der Waals surface area contributed by atoms with E-state index in [1.807, 2.05) is 54.6 Å². The Labute approximate surface area is 158 Å². The summed E-state index contributed by atoms with van der Waals surface area (Å²) in [6.07, 6.45) is 1.50. The lowest BCUT2D eigenvalue weighted by molar-refractivity contribution is 0.0526. The number of anilines is 1. The fourth-order valence-electron chi connectivity index (χ4n) is 2.53. The lowest BCUT2D eigenvalue weighted by atomic mass is 10.2. The topological polar surface area (TPSA) is 73.3 Å². The first-order chi connectivity index (χ1) is 13.2. The van der Waals surface area contributed by atoms with E-state index in [-0.39, 0.29) is 6.61 Å². The molecule has 3 aromatic rings. The molecule has 6 nitrogen and oxygen atoms in total. The third-order valence-electron chi connectivity index (χ3n) is 3.94. The minimum absolute atomic E-state index is 0.289. The molecule has 0 aliphatic carbocycles. The van der Waals surface area contributed by atoms with E-state index in [1.54, 1.807) is 14.0 Å². The van der Waals surface area contributed by atoms with Crippen LogP contribution < -0.4 is 10.1 Å². The van der Waals surface area contributed by atoms with Gasteiger partial charge >= 0.3 is 5.97 Å². The number of esters is 1. The number of nitrogens with zero attached hydrogens (tertiary/aromatic N) is 2. The Morgan fingerprint density at radius 2 is 1.81 bits per heavy atom. The minimum Gasteiger partial charge on any atom is -0.497 e. The van der Waals surface area contributed by atoms with Gasteiger partial charge in [-0.2, -0.15) is 0 Å². The van der Waals surface area contributed by atoms with Gasteiger partial charge in [-0.25, -0.2) is 14.8 Å². The molecule has 1 heterocycles. The second-order valence-corrected chi connectivity index (χ2v) is 5.74. The van der Waals surface area contributed by atoms with Gasteiger partial charge in [0.25, 0.3) is 0 Å². The number of rotatable bonds is 7. The minimum atomic E-state index is -0.450. The zero-order valence-corrected chi connectivity index (χ0v) is 15.3. The summed E-state index contributed by atoms with van der Waals surface area (Å²) in [5.74, 6) is 1.33. The van der Waals surface area contributed by atoms with Crippen molar-refractivity contribution in [3.05, 3.63) is 71.9 Å². The van der Waals surface area contributed by atoms with Crippen LogP contribution in [-0.4, -0.2) is 29.7 Å². The monoisotopic (exact) mass is 363 g/mol. The molecule has 27 heavy (non-hydrogen) atoms. The summed E-state index contributed by atoms with van der Waals surface area (Å²) < 4.78 is 10.3. The van der Waals surface area contributed by atoms with E-state index in [2.05, 4.69) is 15.3 Å². The van der Waals surface area contributed by atoms with Crippen molar-refractivity contribution in [1.29, 1.82) is 0 Å². The molecule has 2 aromatic carbocycles. The van der Waals surface area contributed by atoms with E-state index in [1.165, 1.54) is 6.20 Å². The van der Waals surface area contributed by atoms with Crippen molar-refractivity contribution in [3.8, 4) is 17.1 Å². The third kappa shape index (κ3) is 4.61. The average Bonchev–Trinajstić information content (AvgIpc) is 2.73. The number of methoxy groups -OCH3 is 1. The Morgan fingerprint density at radius 3 is 2.48 bits per heavy atom. The smallest absolute Gasteiger partial charge is 0.343 e. The molecule has 0 spiro atoms. The van der Waals surface area contributed by atoms with Gasteiger partial charge < -0.3 is 14.8 Å². The van der Waals surface area contributed by atoms with Gasteiger partial charge in [0.15, 0.2) is 5.82 Å². The Kier molecular flexibility index (Phi) is 5.99. The molecule has 0 fully saturated rings. The van der Waals surface area contributed by atoms with Crippen LogP contribution in [0.25, 0.3) is 11.4 Å². The van der Waals surface area contributed by atoms with Crippen LogP contribution in [-0.2, 0) is 11.3 Å². The van der Waals surface area contributed by atoms with Gasteiger partial charge in [-0.3, -0.25) is 0 Å². The third-order valence-corrected chi connectivity index (χ3v) is 3.94. The number of benzene rings is 2. The molecule has 3 rings (SSSR count). The first kappa shape index (κ1) is 18.4. The van der Waals surface area contributed by atoms with Crippen molar-refractivity contribution in [3.63, 3.8) is 0 Å². The first-order valence-electron chi connectivity index (χ1n) is 8.67. The van der Waals surface area contributed by atoms with E-state index < -0.39 is 5.97 Å². The number of ether oxygens (including phenoxy) is 2. The highest BCUT2D eigenvalue weighted by molar-refractivity contribution is 5.94. The van der Waals surface area contributed by atoms with Gasteiger partial charge in [-0.1, -0.05) is 42.5 Å². The molecule has 0 saturated heterocycles. The molecule has 0 aliphatic rings. The van der Waals surface area contributed by atoms with Crippen LogP contribution in [0.4, 0.5) is 5.82 Å². The summed E-state index contributed by atoms with van der Waals surface area (Å²) >= 11 is 0. The Morgan fingerprint density at radius 1 is 1.07 bits per heavy atom. The zero-order chi connectivity index (χ0) is 19.1. The number of carbonyl (C=O) groups is 1. The van der Waals surface area contributed by atoms with E-state index in [0.717, 1.165) is 16.9 Å². The van der Waals surface area contributed by atoms with E-state index in [0.29, 0.717) is 23.8 Å². The molecule has 1 aromatic heterocycles. The van der Waals surface area contributed by atoms with Crippen LogP contribution in [0.5, 0.6) is 5.75 Å². The van der Waals surface area contributed by atoms with Crippen LogP contribution in [0.3, 0.4) is 0 Å². The summed E-state index contributed by atoms with van der Waals surface area (Å²) in [4.78, 5) is 21.1. The van der Waals surface area contributed by atoms with Crippen molar-refractivity contribution in [2.75, 3.05) is 19.0 Å². The molecule has 138 valence electrons. The number of carbonyl (C=O) groups excluding carboxylic acids is 1. The largest absolute Gasteiger partial charge is 0.497 e. The molecule has 0 radical (unpaired) electrons. The van der Waals surface area contributed by atoms with Crippen LogP contribution in [0.15, 0.2) is 60.8 Å². The second-order valence-electron chi connectivity index (χ2n) is 5.74. The molecule has 0 atom stereocenters. The van der Waals surface area contributed by atoms with Gasteiger partial charge in [0.1, 0.15) is 17.1 Å². The number of nitrogens with one attached hydrogen (secondary N) is 1. The Balaban J connectivity index is 1.87. The van der Waals surface area contributed by atoms with Crippen molar-refractivity contribution in [2.45, 2.75) is 13.5 Å². The van der Waals surface area contributed by atoms with Gasteiger partial charge in [-0.05, 0) is 24.6 Å². The van der Waals surface area contributed by atoms with Gasteiger partial charge in [0.05, 0.1) is 13.7 Å². The fraction of sp³-hybridized carbons (Fsp3) is 0.190. The summed E-state index contributed by atoms with van der Waals surface area (Å²) in [6.45, 7) is 2.56. The summed E-state index contributed by atoms with van der Waals surface area (Å²) in [6, 6.07) is 17.3. The van der Waals surface area contributed by atoms with Crippen molar-refractivity contribution in [2.24, 2.45) is 0 Å². The number of hydrogen-bond donors (Lipinski definition) is 1. The maximum Gasteiger partial charge on any atom is 0.343 e. The lowest BCUT2D eigenvalue weighted by Gasteiger charge is -2.12. The van der Waals surface area contributed by atoms with Crippen LogP contribution >= 0.6 is 0 Å². The number of hydrogen-bond acceptors (Lipinski definition) is 6. The van der Waals surface area contributed by atoms with Gasteiger partial charge in [-0.15, -0.1) is 0 Å². The van der Waals surface area contributed by atoms with Crippen LogP contribution in [0.1, 0.15) is 22.8 Å². The molecular weight excluding hydrogens is 342 g/mol. The maximum absolute atomic E-state index is 12.2. The predicted molar refractivity (Wildman–Crippen MR) is 104 cm³/mol. The first-order valence-corrected chi connectivity index (χ1v) is 8.67. The van der Waals surface area contributed by atoms with Crippen molar-refractivity contribution in [1.82, 2.24) is 9.97 Å². The highest BCUT2D eigenvalue weighted by Gasteiger charge is 2.16. The summed E-state index contributed by atoms with van der Waals surface area (Å²) in [5.41, 5.74) is 2.22. The molecule has 0 aliphatic heterocycles. The van der Waals surface area contributed by atoms with E-state index in [4.69, 9.17) is 9.47 Å². The summed E-state index contributed by atoms with van der Waals surface area (Å²) in [7, 11) is 1.63. The van der Waals surface area contributed by atoms with Crippen molar-refractivity contribution < 1.29 is 14.3 Å². The lowest BCUT2D eigenvalue weighted by Crippen LogP contribution is -2.13. The van der Waals surface area contributed by atoms with Gasteiger partial charge in [0, 0.05) is 18.3 Å². The maximum atomic E-state index is 12.2. The quantitative estimate of drug-likeness (QED) is 0.641. The standard InChI is InChI=1S/C21H21N3O3/c1-3-27-21(25)18-14-23-19(16-7-5-4-6-8-16)24-20(18)22-13-15-9-11-17(26-2)12-10-15/h4-12,14H,3,13H2,1-2H3,(H,22,23,24). The molecule has 0 saturated carbocycles. The van der Waals surface area contributed by atoms with Gasteiger partial charge in [0.2, 0.25) is 0 Å². The molecule has 1 N–H and O–H groups in total. The average molecular weight is 363 g/mol. The van der Waals surface area contributed by atoms with Crippen LogP contribution in [0, 0.1) is 0 Å². The fourth-order valence-corrected chi connectivity index (χ4v) is 2.53. The Hall–Kier alpha value is -3.41. The molecule has 0 unspecified atom stereocenters. The molecular formula is C21H21N3O3. The second kappa shape index (κ2) is 8.80. The summed E-state index contributed by atoms with van der Waals surface area (Å²) in [5, 5.41) is 3.22. The number of aromatic nitrogens is 2. The zero-order valence-electron chi connectivity index (χ0n) is 15.3. The van der Waals surface area contributed by atoms with E-state index in [9.17, 15) is 4.79 Å². The van der Waals surface area contributed by atoms with E-state index >= 15 is 0 Å². The van der Waals surface area contributed by atoms with Crippen LogP contribution in [0.2, 0.25) is 0 Å². The highest BCUT2D eigenvalue weighted by Crippen LogP contribution is 2.21. The molecule has 0 amide bonds. The normalized spacial score (nSPS) is 10.3.